The zero-order valence-corrected chi connectivity index (χ0v) is 10.3. The molecule has 0 aliphatic rings. The number of aliphatic hydroxyl groups is 1. The van der Waals surface area contributed by atoms with Gasteiger partial charge >= 0.3 is 5.97 Å². The number of carbonyl (C=O) groups is 1. The topological polar surface area (TPSA) is 65.0 Å². The van der Waals surface area contributed by atoms with Gasteiger partial charge in [0.1, 0.15) is 11.5 Å². The summed E-state index contributed by atoms with van der Waals surface area (Å²) in [6, 6.07) is 3.26. The molecule has 0 saturated carbocycles. The molecule has 1 N–H and O–H groups in total. The number of hydrogen-bond donors (Lipinski definition) is 1. The number of aryl methyl sites for hydroxylation is 1. The van der Waals surface area contributed by atoms with Crippen LogP contribution >= 0.6 is 0 Å². The minimum absolute atomic E-state index is 0.359. The Balaban J connectivity index is 3.23. The first kappa shape index (κ1) is 13.3. The molecule has 0 aliphatic carbocycles. The molecule has 1 aromatic carbocycles. The fourth-order valence-corrected chi connectivity index (χ4v) is 1.54. The summed E-state index contributed by atoms with van der Waals surface area (Å²) in [5.41, 5.74) is 1.16. The van der Waals surface area contributed by atoms with Gasteiger partial charge < -0.3 is 19.3 Å². The van der Waals surface area contributed by atoms with Gasteiger partial charge in [-0.25, -0.2) is 4.79 Å². The van der Waals surface area contributed by atoms with E-state index in [0.717, 1.165) is 5.56 Å². The Morgan fingerprint density at radius 1 is 1.18 bits per heavy atom. The summed E-state index contributed by atoms with van der Waals surface area (Å²) in [7, 11) is 4.21. The zero-order chi connectivity index (χ0) is 13.0. The molecular weight excluding hydrogens is 224 g/mol. The first-order chi connectivity index (χ1) is 8.04. The van der Waals surface area contributed by atoms with Crippen molar-refractivity contribution in [2.45, 2.75) is 13.0 Å². The van der Waals surface area contributed by atoms with Gasteiger partial charge in [0.05, 0.1) is 21.3 Å². The van der Waals surface area contributed by atoms with Gasteiger partial charge in [-0.15, -0.1) is 0 Å². The van der Waals surface area contributed by atoms with Crippen LogP contribution < -0.4 is 9.47 Å². The first-order valence-corrected chi connectivity index (χ1v) is 5.03. The molecule has 0 aliphatic heterocycles. The monoisotopic (exact) mass is 240 g/mol. The lowest BCUT2D eigenvalue weighted by molar-refractivity contribution is -0.150. The lowest BCUT2D eigenvalue weighted by Crippen LogP contribution is -2.14. The minimum Gasteiger partial charge on any atom is -0.496 e. The van der Waals surface area contributed by atoms with Crippen molar-refractivity contribution in [1.82, 2.24) is 0 Å². The number of hydrogen-bond acceptors (Lipinski definition) is 5. The van der Waals surface area contributed by atoms with Crippen molar-refractivity contribution >= 4 is 5.97 Å². The van der Waals surface area contributed by atoms with Crippen molar-refractivity contribution < 1.29 is 24.1 Å². The van der Waals surface area contributed by atoms with E-state index in [1.54, 1.807) is 12.1 Å². The summed E-state index contributed by atoms with van der Waals surface area (Å²) in [6.07, 6.45) is -1.36. The highest BCUT2D eigenvalue weighted by molar-refractivity contribution is 5.77. The molecule has 0 amide bonds. The number of aliphatic hydroxyl groups excluding tert-OH is 1. The zero-order valence-electron chi connectivity index (χ0n) is 10.3. The summed E-state index contributed by atoms with van der Waals surface area (Å²) in [6.45, 7) is 1.81. The van der Waals surface area contributed by atoms with Crippen LogP contribution in [0.2, 0.25) is 0 Å². The third-order valence-corrected chi connectivity index (χ3v) is 2.47. The largest absolute Gasteiger partial charge is 0.496 e. The number of esters is 1. The Labute approximate surface area is 99.9 Å². The lowest BCUT2D eigenvalue weighted by Gasteiger charge is -2.15. The molecule has 0 fully saturated rings. The maximum atomic E-state index is 11.3. The smallest absolute Gasteiger partial charge is 0.339 e. The van der Waals surface area contributed by atoms with Crippen LogP contribution in [0.15, 0.2) is 12.1 Å². The average molecular weight is 240 g/mol. The summed E-state index contributed by atoms with van der Waals surface area (Å²) >= 11 is 0. The van der Waals surface area contributed by atoms with Crippen LogP contribution in [0.5, 0.6) is 11.5 Å². The van der Waals surface area contributed by atoms with Crippen LogP contribution in [0.1, 0.15) is 17.2 Å². The van der Waals surface area contributed by atoms with Crippen molar-refractivity contribution in [3.8, 4) is 11.5 Å². The van der Waals surface area contributed by atoms with Gasteiger partial charge in [-0.05, 0) is 18.6 Å². The van der Waals surface area contributed by atoms with E-state index >= 15 is 0 Å². The van der Waals surface area contributed by atoms with E-state index in [9.17, 15) is 9.90 Å². The second-order valence-electron chi connectivity index (χ2n) is 3.49. The fraction of sp³-hybridized carbons (Fsp3) is 0.417. The summed E-state index contributed by atoms with van der Waals surface area (Å²) in [4.78, 5) is 11.3. The second kappa shape index (κ2) is 5.54. The third-order valence-electron chi connectivity index (χ3n) is 2.47. The maximum Gasteiger partial charge on any atom is 0.339 e. The molecule has 0 aromatic heterocycles. The van der Waals surface area contributed by atoms with E-state index in [1.165, 1.54) is 21.3 Å². The van der Waals surface area contributed by atoms with Crippen LogP contribution in [0.4, 0.5) is 0 Å². The fourth-order valence-electron chi connectivity index (χ4n) is 1.54. The van der Waals surface area contributed by atoms with E-state index in [2.05, 4.69) is 4.74 Å². The van der Waals surface area contributed by atoms with Crippen LogP contribution in [-0.2, 0) is 9.53 Å². The first-order valence-electron chi connectivity index (χ1n) is 5.03. The SMILES string of the molecule is COC(=O)C(O)c1cc(C)c(OC)cc1OC. The molecule has 0 spiro atoms. The van der Waals surface area contributed by atoms with Crippen LogP contribution in [0.25, 0.3) is 0 Å². The molecule has 0 saturated heterocycles. The molecule has 1 rings (SSSR count). The third kappa shape index (κ3) is 2.68. The second-order valence-corrected chi connectivity index (χ2v) is 3.49. The molecular formula is C12H16O5. The Bertz CT molecular complexity index is 414. The molecule has 0 radical (unpaired) electrons. The molecule has 94 valence electrons. The molecule has 0 bridgehead atoms. The molecule has 0 heterocycles. The van der Waals surface area contributed by atoms with E-state index < -0.39 is 12.1 Å². The molecule has 1 atom stereocenters. The molecule has 5 heteroatoms. The Morgan fingerprint density at radius 3 is 2.24 bits per heavy atom. The quantitative estimate of drug-likeness (QED) is 0.801. The Morgan fingerprint density at radius 2 is 1.76 bits per heavy atom. The van der Waals surface area contributed by atoms with Crippen molar-refractivity contribution in [2.75, 3.05) is 21.3 Å². The summed E-state index contributed by atoms with van der Waals surface area (Å²) < 4.78 is 14.7. The highest BCUT2D eigenvalue weighted by Gasteiger charge is 2.23. The summed E-state index contributed by atoms with van der Waals surface area (Å²) in [5, 5.41) is 9.79. The number of methoxy groups -OCH3 is 3. The van der Waals surface area contributed by atoms with Gasteiger partial charge in [0.2, 0.25) is 0 Å². The minimum atomic E-state index is -1.36. The number of ether oxygens (including phenoxy) is 3. The lowest BCUT2D eigenvalue weighted by atomic mass is 10.0. The van der Waals surface area contributed by atoms with Crippen LogP contribution in [0.3, 0.4) is 0 Å². The van der Waals surface area contributed by atoms with Crippen LogP contribution in [0, 0.1) is 6.92 Å². The van der Waals surface area contributed by atoms with Crippen molar-refractivity contribution in [2.24, 2.45) is 0 Å². The van der Waals surface area contributed by atoms with Gasteiger partial charge in [0.15, 0.2) is 6.10 Å². The predicted molar refractivity (Wildman–Crippen MR) is 61.3 cm³/mol. The molecule has 5 nitrogen and oxygen atoms in total. The number of rotatable bonds is 4. The highest BCUT2D eigenvalue weighted by atomic mass is 16.5. The van der Waals surface area contributed by atoms with E-state index in [4.69, 9.17) is 9.47 Å². The molecule has 1 aromatic rings. The van der Waals surface area contributed by atoms with E-state index in [-0.39, 0.29) is 0 Å². The maximum absolute atomic E-state index is 11.3. The molecule has 17 heavy (non-hydrogen) atoms. The Kier molecular flexibility index (Phi) is 4.34. The van der Waals surface area contributed by atoms with Gasteiger partial charge in [-0.1, -0.05) is 0 Å². The van der Waals surface area contributed by atoms with E-state index in [1.807, 2.05) is 6.92 Å². The standard InChI is InChI=1S/C12H16O5/c1-7-5-8(11(13)12(14)17-4)10(16-3)6-9(7)15-2/h5-6,11,13H,1-4H3. The molecule has 1 unspecified atom stereocenters. The van der Waals surface area contributed by atoms with Gasteiger partial charge in [-0.2, -0.15) is 0 Å². The van der Waals surface area contributed by atoms with Crippen LogP contribution in [-0.4, -0.2) is 32.4 Å². The van der Waals surface area contributed by atoms with Gasteiger partial charge in [0.25, 0.3) is 0 Å². The van der Waals surface area contributed by atoms with Crippen molar-refractivity contribution in [1.29, 1.82) is 0 Å². The Hall–Kier alpha value is -1.75. The van der Waals surface area contributed by atoms with Gasteiger partial charge in [0, 0.05) is 11.6 Å². The normalized spacial score (nSPS) is 11.8. The number of benzene rings is 1. The van der Waals surface area contributed by atoms with E-state index in [0.29, 0.717) is 17.1 Å². The summed E-state index contributed by atoms with van der Waals surface area (Å²) in [5.74, 6) is 0.279. The van der Waals surface area contributed by atoms with Crippen molar-refractivity contribution in [3.05, 3.63) is 23.3 Å². The van der Waals surface area contributed by atoms with Crippen molar-refractivity contribution in [3.63, 3.8) is 0 Å². The average Bonchev–Trinajstić information content (AvgIpc) is 2.36. The van der Waals surface area contributed by atoms with Gasteiger partial charge in [-0.3, -0.25) is 0 Å². The highest BCUT2D eigenvalue weighted by Crippen LogP contribution is 2.32. The predicted octanol–water partition coefficient (Wildman–Crippen LogP) is 1.22. The number of carbonyl (C=O) groups excluding carboxylic acids is 1.